The van der Waals surface area contributed by atoms with Gasteiger partial charge in [0.05, 0.1) is 7.11 Å². The summed E-state index contributed by atoms with van der Waals surface area (Å²) >= 11 is 0. The van der Waals surface area contributed by atoms with Crippen LogP contribution in [0.15, 0.2) is 61.2 Å². The van der Waals surface area contributed by atoms with Crippen LogP contribution >= 0.6 is 12.4 Å². The molecule has 2 rings (SSSR count). The Labute approximate surface area is 138 Å². The maximum atomic E-state index is 5.54. The monoisotopic (exact) mass is 319 g/mol. The molecule has 0 amide bonds. The summed E-state index contributed by atoms with van der Waals surface area (Å²) in [5.74, 6) is 1.49. The summed E-state index contributed by atoms with van der Waals surface area (Å²) in [5.41, 5.74) is 2.43. The predicted molar refractivity (Wildman–Crippen MR) is 92.9 cm³/mol. The number of methoxy groups -OCH3 is 1. The van der Waals surface area contributed by atoms with E-state index in [1.54, 1.807) is 13.2 Å². The molecule has 0 aliphatic rings. The first-order valence-electron chi connectivity index (χ1n) is 6.98. The number of halogens is 1. The zero-order chi connectivity index (χ0) is 14.9. The summed E-state index contributed by atoms with van der Waals surface area (Å²) < 4.78 is 10.9. The van der Waals surface area contributed by atoms with E-state index in [0.29, 0.717) is 6.61 Å². The number of hydrogen-bond acceptors (Lipinski definition) is 3. The van der Waals surface area contributed by atoms with Gasteiger partial charge in [0.1, 0.15) is 6.61 Å². The first-order chi connectivity index (χ1) is 10.3. The Hall–Kier alpha value is -1.97. The van der Waals surface area contributed by atoms with Gasteiger partial charge in [-0.1, -0.05) is 49.1 Å². The molecule has 2 aromatic carbocycles. The van der Waals surface area contributed by atoms with Gasteiger partial charge in [0.2, 0.25) is 0 Å². The summed E-state index contributed by atoms with van der Waals surface area (Å²) in [4.78, 5) is 0. The summed E-state index contributed by atoms with van der Waals surface area (Å²) in [7, 11) is 1.65. The molecule has 0 saturated heterocycles. The summed E-state index contributed by atoms with van der Waals surface area (Å²) in [6.07, 6.45) is 1.72. The molecule has 0 spiro atoms. The highest BCUT2D eigenvalue weighted by atomic mass is 35.5. The van der Waals surface area contributed by atoms with E-state index in [4.69, 9.17) is 9.47 Å². The molecule has 0 saturated carbocycles. The molecule has 3 nitrogen and oxygen atoms in total. The minimum atomic E-state index is 0. The van der Waals surface area contributed by atoms with E-state index in [1.807, 2.05) is 36.4 Å². The summed E-state index contributed by atoms with van der Waals surface area (Å²) in [6, 6.07) is 16.3. The highest BCUT2D eigenvalue weighted by Gasteiger charge is 2.05. The Balaban J connectivity index is 0.00000242. The van der Waals surface area contributed by atoms with E-state index in [1.165, 1.54) is 5.56 Å². The lowest BCUT2D eigenvalue weighted by atomic mass is 10.2. The molecule has 0 bridgehead atoms. The number of ether oxygens (including phenoxy) is 2. The van der Waals surface area contributed by atoms with Crippen LogP contribution in [0.25, 0.3) is 0 Å². The topological polar surface area (TPSA) is 30.5 Å². The average molecular weight is 320 g/mol. The SMILES string of the molecule is C=CCOc1ccc(CNCc2ccccc2)cc1OC.Cl. The van der Waals surface area contributed by atoms with E-state index in [-0.39, 0.29) is 12.4 Å². The fraction of sp³-hybridized carbons (Fsp3) is 0.222. The van der Waals surface area contributed by atoms with Crippen molar-refractivity contribution in [3.8, 4) is 11.5 Å². The van der Waals surface area contributed by atoms with Gasteiger partial charge in [0, 0.05) is 13.1 Å². The minimum absolute atomic E-state index is 0. The highest BCUT2D eigenvalue weighted by molar-refractivity contribution is 5.85. The number of hydrogen-bond donors (Lipinski definition) is 1. The van der Waals surface area contributed by atoms with Gasteiger partial charge in [-0.05, 0) is 23.3 Å². The zero-order valence-electron chi connectivity index (χ0n) is 12.7. The van der Waals surface area contributed by atoms with Gasteiger partial charge >= 0.3 is 0 Å². The molecule has 0 aliphatic heterocycles. The third-order valence-electron chi connectivity index (χ3n) is 3.09. The van der Waals surface area contributed by atoms with Gasteiger partial charge in [-0.25, -0.2) is 0 Å². The van der Waals surface area contributed by atoms with Gasteiger partial charge in [-0.15, -0.1) is 12.4 Å². The zero-order valence-corrected chi connectivity index (χ0v) is 13.6. The largest absolute Gasteiger partial charge is 0.493 e. The molecule has 4 heteroatoms. The molecular formula is C18H22ClNO2. The fourth-order valence-electron chi connectivity index (χ4n) is 2.04. The molecule has 0 aliphatic carbocycles. The Kier molecular flexibility index (Phi) is 8.11. The Morgan fingerprint density at radius 2 is 1.73 bits per heavy atom. The molecule has 0 fully saturated rings. The van der Waals surface area contributed by atoms with Gasteiger partial charge in [-0.3, -0.25) is 0 Å². The molecule has 0 heterocycles. The highest BCUT2D eigenvalue weighted by Crippen LogP contribution is 2.28. The lowest BCUT2D eigenvalue weighted by Gasteiger charge is -2.11. The van der Waals surface area contributed by atoms with Crippen molar-refractivity contribution >= 4 is 12.4 Å². The van der Waals surface area contributed by atoms with E-state index < -0.39 is 0 Å². The van der Waals surface area contributed by atoms with Crippen LogP contribution in [0.1, 0.15) is 11.1 Å². The van der Waals surface area contributed by atoms with Crippen LogP contribution in [0.4, 0.5) is 0 Å². The molecule has 0 atom stereocenters. The molecule has 0 radical (unpaired) electrons. The van der Waals surface area contributed by atoms with Gasteiger partial charge in [-0.2, -0.15) is 0 Å². The van der Waals surface area contributed by atoms with Crippen molar-refractivity contribution in [1.29, 1.82) is 0 Å². The van der Waals surface area contributed by atoms with Crippen LogP contribution in [0, 0.1) is 0 Å². The van der Waals surface area contributed by atoms with E-state index in [2.05, 4.69) is 24.0 Å². The quantitative estimate of drug-likeness (QED) is 0.747. The van der Waals surface area contributed by atoms with E-state index in [0.717, 1.165) is 30.2 Å². The van der Waals surface area contributed by atoms with Crippen molar-refractivity contribution in [2.45, 2.75) is 13.1 Å². The van der Waals surface area contributed by atoms with Crippen molar-refractivity contribution in [2.24, 2.45) is 0 Å². The van der Waals surface area contributed by atoms with Crippen LogP contribution in [0.5, 0.6) is 11.5 Å². The predicted octanol–water partition coefficient (Wildman–Crippen LogP) is 3.97. The van der Waals surface area contributed by atoms with Crippen molar-refractivity contribution in [2.75, 3.05) is 13.7 Å². The third-order valence-corrected chi connectivity index (χ3v) is 3.09. The van der Waals surface area contributed by atoms with E-state index in [9.17, 15) is 0 Å². The maximum Gasteiger partial charge on any atom is 0.161 e. The van der Waals surface area contributed by atoms with Crippen molar-refractivity contribution in [3.05, 3.63) is 72.3 Å². The molecule has 118 valence electrons. The minimum Gasteiger partial charge on any atom is -0.493 e. The third kappa shape index (κ3) is 5.43. The molecule has 2 aromatic rings. The smallest absolute Gasteiger partial charge is 0.161 e. The average Bonchev–Trinajstić information content (AvgIpc) is 2.54. The van der Waals surface area contributed by atoms with Crippen LogP contribution in [0.3, 0.4) is 0 Å². The van der Waals surface area contributed by atoms with E-state index >= 15 is 0 Å². The van der Waals surface area contributed by atoms with Crippen LogP contribution < -0.4 is 14.8 Å². The molecular weight excluding hydrogens is 298 g/mol. The second-order valence-corrected chi connectivity index (χ2v) is 4.67. The summed E-state index contributed by atoms with van der Waals surface area (Å²) in [6.45, 7) is 5.75. The molecule has 0 aromatic heterocycles. The second-order valence-electron chi connectivity index (χ2n) is 4.67. The van der Waals surface area contributed by atoms with Crippen molar-refractivity contribution in [1.82, 2.24) is 5.32 Å². The van der Waals surface area contributed by atoms with Crippen LogP contribution in [-0.4, -0.2) is 13.7 Å². The molecule has 1 N–H and O–H groups in total. The van der Waals surface area contributed by atoms with Crippen LogP contribution in [-0.2, 0) is 13.1 Å². The molecule has 0 unspecified atom stereocenters. The Morgan fingerprint density at radius 1 is 1.00 bits per heavy atom. The first kappa shape index (κ1) is 18.1. The fourth-order valence-corrected chi connectivity index (χ4v) is 2.04. The Bertz CT molecular complexity index is 573. The van der Waals surface area contributed by atoms with Crippen LogP contribution in [0.2, 0.25) is 0 Å². The van der Waals surface area contributed by atoms with Gasteiger partial charge in [0.15, 0.2) is 11.5 Å². The normalized spacial score (nSPS) is 9.68. The number of benzene rings is 2. The lowest BCUT2D eigenvalue weighted by Crippen LogP contribution is -2.12. The lowest BCUT2D eigenvalue weighted by molar-refractivity contribution is 0.326. The standard InChI is InChI=1S/C18H21NO2.ClH/c1-3-11-21-17-10-9-16(12-18(17)20-2)14-19-13-15-7-5-4-6-8-15;/h3-10,12,19H,1,11,13-14H2,2H3;1H. The van der Waals surface area contributed by atoms with Gasteiger partial charge < -0.3 is 14.8 Å². The molecule has 22 heavy (non-hydrogen) atoms. The first-order valence-corrected chi connectivity index (χ1v) is 6.98. The maximum absolute atomic E-state index is 5.54. The summed E-state index contributed by atoms with van der Waals surface area (Å²) in [5, 5.41) is 3.42. The Morgan fingerprint density at radius 3 is 2.41 bits per heavy atom. The van der Waals surface area contributed by atoms with Crippen molar-refractivity contribution in [3.63, 3.8) is 0 Å². The number of rotatable bonds is 8. The van der Waals surface area contributed by atoms with Crippen molar-refractivity contribution < 1.29 is 9.47 Å². The second kappa shape index (κ2) is 9.87. The number of nitrogens with one attached hydrogen (secondary N) is 1. The van der Waals surface area contributed by atoms with Gasteiger partial charge in [0.25, 0.3) is 0 Å².